The number of hydrogen-bond donors (Lipinski definition) is 1. The van der Waals surface area contributed by atoms with Crippen LogP contribution >= 0.6 is 0 Å². The second-order valence-corrected chi connectivity index (χ2v) is 6.16. The number of carbonyl (C=O) groups is 2. The Balaban J connectivity index is 1.97. The first kappa shape index (κ1) is 21.1. The van der Waals surface area contributed by atoms with Crippen LogP contribution in [0.25, 0.3) is 0 Å². The van der Waals surface area contributed by atoms with Crippen molar-refractivity contribution in [1.29, 1.82) is 0 Å². The number of ether oxygens (including phenoxy) is 3. The number of methoxy groups -OCH3 is 3. The summed E-state index contributed by atoms with van der Waals surface area (Å²) < 4.78 is 15.6. The minimum atomic E-state index is -0.284. The molecule has 0 spiro atoms. The highest BCUT2D eigenvalue weighted by Gasteiger charge is 2.15. The van der Waals surface area contributed by atoms with E-state index in [4.69, 9.17) is 14.2 Å². The van der Waals surface area contributed by atoms with Crippen molar-refractivity contribution >= 4 is 17.5 Å². The zero-order chi connectivity index (χ0) is 20.5. The van der Waals surface area contributed by atoms with Crippen molar-refractivity contribution in [1.82, 2.24) is 4.90 Å². The van der Waals surface area contributed by atoms with Gasteiger partial charge in [0.15, 0.2) is 11.5 Å². The molecule has 1 N–H and O–H groups in total. The Hall–Kier alpha value is -3.22. The van der Waals surface area contributed by atoms with E-state index in [0.717, 1.165) is 11.3 Å². The van der Waals surface area contributed by atoms with Crippen molar-refractivity contribution in [2.45, 2.75) is 13.3 Å². The summed E-state index contributed by atoms with van der Waals surface area (Å²) in [6.45, 7) is 1.85. The molecule has 0 atom stereocenters. The minimum Gasteiger partial charge on any atom is -0.497 e. The van der Waals surface area contributed by atoms with Crippen LogP contribution in [0.3, 0.4) is 0 Å². The van der Waals surface area contributed by atoms with Crippen LogP contribution in [0.15, 0.2) is 42.5 Å². The number of nitrogens with one attached hydrogen (secondary N) is 1. The molecule has 0 saturated heterocycles. The summed E-state index contributed by atoms with van der Waals surface area (Å²) in [5.41, 5.74) is 1.60. The summed E-state index contributed by atoms with van der Waals surface area (Å²) in [6.07, 6.45) is 0.625. The van der Waals surface area contributed by atoms with Crippen LogP contribution in [0.5, 0.6) is 17.2 Å². The van der Waals surface area contributed by atoms with Gasteiger partial charge in [-0.05, 0) is 36.2 Å². The topological polar surface area (TPSA) is 77.1 Å². The van der Waals surface area contributed by atoms with Gasteiger partial charge in [-0.1, -0.05) is 12.1 Å². The molecule has 7 heteroatoms. The van der Waals surface area contributed by atoms with Gasteiger partial charge in [-0.3, -0.25) is 9.59 Å². The predicted molar refractivity (Wildman–Crippen MR) is 107 cm³/mol. The minimum absolute atomic E-state index is 0.0341. The van der Waals surface area contributed by atoms with E-state index in [1.807, 2.05) is 24.3 Å². The Labute approximate surface area is 165 Å². The van der Waals surface area contributed by atoms with Gasteiger partial charge in [0.25, 0.3) is 0 Å². The summed E-state index contributed by atoms with van der Waals surface area (Å²) >= 11 is 0. The number of rotatable bonds is 9. The van der Waals surface area contributed by atoms with Crippen LogP contribution in [-0.2, 0) is 16.0 Å². The monoisotopic (exact) mass is 386 g/mol. The van der Waals surface area contributed by atoms with Crippen LogP contribution in [0.1, 0.15) is 12.5 Å². The number of amides is 2. The summed E-state index contributed by atoms with van der Waals surface area (Å²) in [4.78, 5) is 25.9. The zero-order valence-electron chi connectivity index (χ0n) is 16.7. The summed E-state index contributed by atoms with van der Waals surface area (Å²) in [5, 5.41) is 2.78. The third-order valence-electron chi connectivity index (χ3n) is 4.25. The van der Waals surface area contributed by atoms with Gasteiger partial charge in [0, 0.05) is 25.2 Å². The van der Waals surface area contributed by atoms with E-state index in [0.29, 0.717) is 30.2 Å². The first-order valence-corrected chi connectivity index (χ1v) is 8.87. The van der Waals surface area contributed by atoms with Crippen LogP contribution in [0.2, 0.25) is 0 Å². The molecule has 2 aromatic rings. The molecular weight excluding hydrogens is 360 g/mol. The Bertz CT molecular complexity index is 822. The number of hydrogen-bond acceptors (Lipinski definition) is 5. The molecule has 2 amide bonds. The highest BCUT2D eigenvalue weighted by atomic mass is 16.5. The first-order chi connectivity index (χ1) is 13.5. The molecule has 7 nitrogen and oxygen atoms in total. The van der Waals surface area contributed by atoms with Gasteiger partial charge in [-0.15, -0.1) is 0 Å². The first-order valence-electron chi connectivity index (χ1n) is 8.87. The van der Waals surface area contributed by atoms with Crippen LogP contribution in [0, 0.1) is 0 Å². The van der Waals surface area contributed by atoms with Gasteiger partial charge >= 0.3 is 0 Å². The van der Waals surface area contributed by atoms with Gasteiger partial charge in [-0.25, -0.2) is 0 Å². The Morgan fingerprint density at radius 1 is 0.964 bits per heavy atom. The molecule has 0 aliphatic rings. The van der Waals surface area contributed by atoms with E-state index in [9.17, 15) is 9.59 Å². The molecule has 0 radical (unpaired) electrons. The van der Waals surface area contributed by atoms with Crippen LogP contribution in [-0.4, -0.2) is 51.1 Å². The van der Waals surface area contributed by atoms with Crippen molar-refractivity contribution in [3.05, 3.63) is 48.0 Å². The summed E-state index contributed by atoms with van der Waals surface area (Å²) in [5.74, 6) is 1.40. The molecule has 2 rings (SSSR count). The average Bonchev–Trinajstić information content (AvgIpc) is 2.70. The lowest BCUT2D eigenvalue weighted by molar-refractivity contribution is -0.132. The smallest absolute Gasteiger partial charge is 0.243 e. The molecule has 0 aromatic heterocycles. The van der Waals surface area contributed by atoms with Crippen molar-refractivity contribution in [2.75, 3.05) is 39.7 Å². The Morgan fingerprint density at radius 2 is 1.71 bits per heavy atom. The second-order valence-electron chi connectivity index (χ2n) is 6.16. The maximum atomic E-state index is 12.4. The normalized spacial score (nSPS) is 10.1. The molecule has 0 fully saturated rings. The largest absolute Gasteiger partial charge is 0.497 e. The Kier molecular flexibility index (Phi) is 7.68. The fraction of sp³-hybridized carbons (Fsp3) is 0.333. The van der Waals surface area contributed by atoms with Crippen molar-refractivity contribution in [3.8, 4) is 17.2 Å². The molecule has 150 valence electrons. The molecular formula is C21H26N2O5. The average molecular weight is 386 g/mol. The van der Waals surface area contributed by atoms with E-state index < -0.39 is 0 Å². The SMILES string of the molecule is COc1cccc(CCN(CC(=O)Nc2ccc(OC)c(OC)c2)C(C)=O)c1. The molecule has 0 aliphatic heterocycles. The van der Waals surface area contributed by atoms with Gasteiger partial charge in [0.05, 0.1) is 27.9 Å². The van der Waals surface area contributed by atoms with Gasteiger partial charge < -0.3 is 24.4 Å². The highest BCUT2D eigenvalue weighted by Crippen LogP contribution is 2.29. The number of nitrogens with zero attached hydrogens (tertiary/aromatic N) is 1. The number of benzene rings is 2. The number of carbonyl (C=O) groups excluding carboxylic acids is 2. The van der Waals surface area contributed by atoms with E-state index in [1.165, 1.54) is 18.9 Å². The second kappa shape index (κ2) is 10.2. The molecule has 0 bridgehead atoms. The number of anilines is 1. The fourth-order valence-electron chi connectivity index (χ4n) is 2.73. The van der Waals surface area contributed by atoms with Gasteiger partial charge in [-0.2, -0.15) is 0 Å². The van der Waals surface area contributed by atoms with Crippen LogP contribution < -0.4 is 19.5 Å². The lowest BCUT2D eigenvalue weighted by Gasteiger charge is -2.21. The fourth-order valence-corrected chi connectivity index (χ4v) is 2.73. The standard InChI is InChI=1S/C21H26N2O5/c1-15(24)23(11-10-16-6-5-7-18(12-16)26-2)14-21(25)22-17-8-9-19(27-3)20(13-17)28-4/h5-9,12-13H,10-11,14H2,1-4H3,(H,22,25). The zero-order valence-corrected chi connectivity index (χ0v) is 16.7. The molecule has 0 unspecified atom stereocenters. The third kappa shape index (κ3) is 5.90. The Morgan fingerprint density at radius 3 is 2.36 bits per heavy atom. The van der Waals surface area contributed by atoms with E-state index in [-0.39, 0.29) is 18.4 Å². The van der Waals surface area contributed by atoms with E-state index >= 15 is 0 Å². The van der Waals surface area contributed by atoms with Crippen molar-refractivity contribution in [2.24, 2.45) is 0 Å². The molecule has 28 heavy (non-hydrogen) atoms. The lowest BCUT2D eigenvalue weighted by Crippen LogP contribution is -2.38. The quantitative estimate of drug-likeness (QED) is 0.717. The lowest BCUT2D eigenvalue weighted by atomic mass is 10.1. The maximum absolute atomic E-state index is 12.4. The molecule has 2 aromatic carbocycles. The highest BCUT2D eigenvalue weighted by molar-refractivity contribution is 5.94. The summed E-state index contributed by atoms with van der Waals surface area (Å²) in [6, 6.07) is 12.7. The van der Waals surface area contributed by atoms with E-state index in [2.05, 4.69) is 5.32 Å². The van der Waals surface area contributed by atoms with Crippen LogP contribution in [0.4, 0.5) is 5.69 Å². The maximum Gasteiger partial charge on any atom is 0.243 e. The molecule has 0 heterocycles. The van der Waals surface area contributed by atoms with Gasteiger partial charge in [0.2, 0.25) is 11.8 Å². The third-order valence-corrected chi connectivity index (χ3v) is 4.25. The van der Waals surface area contributed by atoms with Crippen molar-refractivity contribution in [3.63, 3.8) is 0 Å². The predicted octanol–water partition coefficient (Wildman–Crippen LogP) is 2.74. The molecule has 0 aliphatic carbocycles. The van der Waals surface area contributed by atoms with Crippen molar-refractivity contribution < 1.29 is 23.8 Å². The van der Waals surface area contributed by atoms with Gasteiger partial charge in [0.1, 0.15) is 5.75 Å². The molecule has 0 saturated carbocycles. The summed E-state index contributed by atoms with van der Waals surface area (Å²) in [7, 11) is 4.68. The van der Waals surface area contributed by atoms with E-state index in [1.54, 1.807) is 32.4 Å².